The third-order valence-electron chi connectivity index (χ3n) is 4.83. The van der Waals surface area contributed by atoms with Gasteiger partial charge in [0.15, 0.2) is 11.5 Å². The molecule has 1 aliphatic carbocycles. The van der Waals surface area contributed by atoms with Crippen LogP contribution in [0.4, 0.5) is 0 Å². The van der Waals surface area contributed by atoms with Gasteiger partial charge in [0.2, 0.25) is 0 Å². The van der Waals surface area contributed by atoms with Crippen LogP contribution in [0.3, 0.4) is 0 Å². The second kappa shape index (κ2) is 11.1. The number of carbonyl (C=O) groups is 1. The molecule has 6 heteroatoms. The number of amides is 1. The molecule has 2 rings (SSSR count). The molecular weight excluding hydrogens is 342 g/mol. The Morgan fingerprint density at radius 3 is 2.52 bits per heavy atom. The van der Waals surface area contributed by atoms with Gasteiger partial charge in [0.25, 0.3) is 5.91 Å². The van der Waals surface area contributed by atoms with E-state index < -0.39 is 0 Å². The maximum Gasteiger partial charge on any atom is 0.263 e. The van der Waals surface area contributed by atoms with E-state index in [4.69, 9.17) is 9.47 Å². The smallest absolute Gasteiger partial charge is 0.263 e. The summed E-state index contributed by atoms with van der Waals surface area (Å²) in [6.45, 7) is 0.441. The Morgan fingerprint density at radius 2 is 1.89 bits per heavy atom. The Labute approximate surface area is 161 Å². The van der Waals surface area contributed by atoms with Crippen molar-refractivity contribution in [3.05, 3.63) is 35.5 Å². The molecule has 27 heavy (non-hydrogen) atoms. The van der Waals surface area contributed by atoms with E-state index in [1.165, 1.54) is 25.7 Å². The molecule has 146 valence electrons. The van der Waals surface area contributed by atoms with Crippen LogP contribution in [0.25, 0.3) is 0 Å². The lowest BCUT2D eigenvalue weighted by molar-refractivity contribution is -0.117. The van der Waals surface area contributed by atoms with E-state index in [1.54, 1.807) is 20.4 Å². The molecule has 0 aromatic heterocycles. The minimum absolute atomic E-state index is 0.117. The summed E-state index contributed by atoms with van der Waals surface area (Å²) in [7, 11) is 3.19. The van der Waals surface area contributed by atoms with Crippen molar-refractivity contribution in [2.24, 2.45) is 0 Å². The van der Waals surface area contributed by atoms with E-state index in [1.807, 2.05) is 24.3 Å². The number of methoxy groups -OCH3 is 2. The Kier molecular flexibility index (Phi) is 8.50. The second-order valence-electron chi connectivity index (χ2n) is 6.72. The fraction of sp³-hybridized carbons (Fsp3) is 0.524. The van der Waals surface area contributed by atoms with Crippen LogP contribution in [0.5, 0.6) is 11.5 Å². The van der Waals surface area contributed by atoms with Crippen molar-refractivity contribution in [3.63, 3.8) is 0 Å². The number of hydrogen-bond donors (Lipinski definition) is 2. The summed E-state index contributed by atoms with van der Waals surface area (Å²) in [4.78, 5) is 12.2. The third kappa shape index (κ3) is 6.52. The molecule has 6 nitrogen and oxygen atoms in total. The molecule has 0 spiro atoms. The molecule has 0 atom stereocenters. The fourth-order valence-corrected chi connectivity index (χ4v) is 3.25. The predicted molar refractivity (Wildman–Crippen MR) is 105 cm³/mol. The quantitative estimate of drug-likeness (QED) is 0.417. The molecule has 1 aromatic rings. The van der Waals surface area contributed by atoms with Gasteiger partial charge in [0.05, 0.1) is 14.2 Å². The maximum atomic E-state index is 12.2. The van der Waals surface area contributed by atoms with Crippen molar-refractivity contribution in [3.8, 4) is 17.6 Å². The van der Waals surface area contributed by atoms with E-state index in [-0.39, 0.29) is 11.5 Å². The van der Waals surface area contributed by atoms with Crippen molar-refractivity contribution < 1.29 is 14.3 Å². The van der Waals surface area contributed by atoms with Crippen molar-refractivity contribution in [1.82, 2.24) is 10.6 Å². The summed E-state index contributed by atoms with van der Waals surface area (Å²) in [5, 5.41) is 15.3. The zero-order valence-electron chi connectivity index (χ0n) is 16.2. The zero-order valence-corrected chi connectivity index (χ0v) is 16.2. The lowest BCUT2D eigenvalue weighted by Gasteiger charge is -2.14. The first-order valence-corrected chi connectivity index (χ1v) is 9.53. The van der Waals surface area contributed by atoms with E-state index in [0.717, 1.165) is 18.4 Å². The van der Waals surface area contributed by atoms with Crippen LogP contribution in [0, 0.1) is 11.3 Å². The summed E-state index contributed by atoms with van der Waals surface area (Å²) < 4.78 is 10.5. The Balaban J connectivity index is 1.84. The summed E-state index contributed by atoms with van der Waals surface area (Å²) in [6, 6.07) is 8.01. The first kappa shape index (κ1) is 20.6. The van der Waals surface area contributed by atoms with E-state index >= 15 is 0 Å². The fourth-order valence-electron chi connectivity index (χ4n) is 3.25. The van der Waals surface area contributed by atoms with Crippen LogP contribution in [0.15, 0.2) is 30.0 Å². The average molecular weight is 371 g/mol. The average Bonchev–Trinajstić information content (AvgIpc) is 2.97. The van der Waals surface area contributed by atoms with Crippen LogP contribution in [0.2, 0.25) is 0 Å². The van der Waals surface area contributed by atoms with E-state index in [9.17, 15) is 10.1 Å². The number of hydrogen-bond acceptors (Lipinski definition) is 5. The van der Waals surface area contributed by atoms with Crippen molar-refractivity contribution >= 4 is 5.91 Å². The van der Waals surface area contributed by atoms with Gasteiger partial charge in [-0.2, -0.15) is 5.26 Å². The van der Waals surface area contributed by atoms with Crippen molar-refractivity contribution in [1.29, 1.82) is 5.26 Å². The van der Waals surface area contributed by atoms with Crippen LogP contribution >= 0.6 is 0 Å². The molecule has 1 saturated carbocycles. The van der Waals surface area contributed by atoms with Gasteiger partial charge in [-0.15, -0.1) is 0 Å². The zero-order chi connectivity index (χ0) is 19.5. The molecule has 1 aromatic carbocycles. The molecule has 0 unspecified atom stereocenters. The highest BCUT2D eigenvalue weighted by Crippen LogP contribution is 2.27. The number of benzene rings is 1. The summed E-state index contributed by atoms with van der Waals surface area (Å²) in [5.74, 6) is 0.982. The second-order valence-corrected chi connectivity index (χ2v) is 6.72. The van der Waals surface area contributed by atoms with E-state index in [2.05, 4.69) is 10.6 Å². The first-order valence-electron chi connectivity index (χ1n) is 9.53. The van der Waals surface area contributed by atoms with Crippen LogP contribution in [-0.2, 0) is 11.2 Å². The van der Waals surface area contributed by atoms with Gasteiger partial charge in [-0.25, -0.2) is 0 Å². The molecule has 0 saturated heterocycles. The molecular formula is C21H29N3O3. The van der Waals surface area contributed by atoms with Crippen molar-refractivity contribution in [2.75, 3.05) is 20.8 Å². The van der Waals surface area contributed by atoms with Gasteiger partial charge in [0, 0.05) is 18.8 Å². The SMILES string of the molecule is COc1ccc(CCNC(=O)/C(C#N)=C\NC2CCCCCC2)cc1OC. The molecule has 1 amide bonds. The largest absolute Gasteiger partial charge is 0.493 e. The summed E-state index contributed by atoms with van der Waals surface area (Å²) in [5.41, 5.74) is 1.14. The minimum Gasteiger partial charge on any atom is -0.493 e. The Hall–Kier alpha value is -2.68. The molecule has 1 fully saturated rings. The molecule has 0 bridgehead atoms. The number of rotatable bonds is 8. The van der Waals surface area contributed by atoms with Gasteiger partial charge in [-0.3, -0.25) is 4.79 Å². The van der Waals surface area contributed by atoms with Gasteiger partial charge in [-0.1, -0.05) is 31.7 Å². The minimum atomic E-state index is -0.348. The van der Waals surface area contributed by atoms with Gasteiger partial charge < -0.3 is 20.1 Å². The topological polar surface area (TPSA) is 83.4 Å². The monoisotopic (exact) mass is 371 g/mol. The van der Waals surface area contributed by atoms with Gasteiger partial charge in [0.1, 0.15) is 11.6 Å². The first-order chi connectivity index (χ1) is 13.2. The lowest BCUT2D eigenvalue weighted by atomic mass is 10.1. The Morgan fingerprint density at radius 1 is 1.19 bits per heavy atom. The lowest BCUT2D eigenvalue weighted by Crippen LogP contribution is -2.29. The highest BCUT2D eigenvalue weighted by atomic mass is 16.5. The molecule has 0 aliphatic heterocycles. The number of nitrogens with one attached hydrogen (secondary N) is 2. The molecule has 2 N–H and O–H groups in total. The van der Waals surface area contributed by atoms with E-state index in [0.29, 0.717) is 30.5 Å². The molecule has 1 aliphatic rings. The standard InChI is InChI=1S/C21H29N3O3/c1-26-19-10-9-16(13-20(19)27-2)11-12-23-21(25)17(14-22)15-24-18-7-5-3-4-6-8-18/h9-10,13,15,18,24H,3-8,11-12H2,1-2H3,(H,23,25)/b17-15-. The van der Waals surface area contributed by atoms with Crippen LogP contribution < -0.4 is 20.1 Å². The molecule has 0 radical (unpaired) electrons. The van der Waals surface area contributed by atoms with Gasteiger partial charge in [-0.05, 0) is 37.0 Å². The highest BCUT2D eigenvalue weighted by molar-refractivity contribution is 5.97. The highest BCUT2D eigenvalue weighted by Gasteiger charge is 2.13. The summed E-state index contributed by atoms with van der Waals surface area (Å²) in [6.07, 6.45) is 9.33. The van der Waals surface area contributed by atoms with Crippen LogP contribution in [0.1, 0.15) is 44.1 Å². The number of carbonyl (C=O) groups excluding carboxylic acids is 1. The normalized spacial score (nSPS) is 15.4. The third-order valence-corrected chi connectivity index (χ3v) is 4.83. The predicted octanol–water partition coefficient (Wildman–Crippen LogP) is 3.08. The number of nitriles is 1. The Bertz CT molecular complexity index is 686. The maximum absolute atomic E-state index is 12.2. The summed E-state index contributed by atoms with van der Waals surface area (Å²) >= 11 is 0. The van der Waals surface area contributed by atoms with Crippen LogP contribution in [-0.4, -0.2) is 32.7 Å². The number of ether oxygens (including phenoxy) is 2. The van der Waals surface area contributed by atoms with Gasteiger partial charge >= 0.3 is 0 Å². The van der Waals surface area contributed by atoms with Crippen molar-refractivity contribution in [2.45, 2.75) is 51.0 Å². The number of nitrogens with zero attached hydrogens (tertiary/aromatic N) is 1. The molecule has 0 heterocycles.